The Labute approximate surface area is 145 Å². The number of hydrogen-bond acceptors (Lipinski definition) is 2. The van der Waals surface area contributed by atoms with Gasteiger partial charge in [0.25, 0.3) is 5.91 Å². The molecule has 21 heavy (non-hydrogen) atoms. The number of thiophene rings is 1. The molecule has 1 saturated carbocycles. The lowest BCUT2D eigenvalue weighted by Crippen LogP contribution is -2.32. The Morgan fingerprint density at radius 3 is 2.81 bits per heavy atom. The van der Waals surface area contributed by atoms with Crippen LogP contribution in [-0.2, 0) is 6.54 Å². The minimum atomic E-state index is -0.360. The Bertz CT molecular complexity index is 666. The molecular formula is C15H12ClFINOS. The Balaban J connectivity index is 1.87. The molecule has 6 heteroatoms. The number of nitrogens with zero attached hydrogens (tertiary/aromatic N) is 1. The minimum Gasteiger partial charge on any atom is -0.331 e. The lowest BCUT2D eigenvalue weighted by Gasteiger charge is -2.23. The molecule has 0 N–H and O–H groups in total. The van der Waals surface area contributed by atoms with E-state index in [0.717, 1.165) is 15.7 Å². The molecule has 3 rings (SSSR count). The van der Waals surface area contributed by atoms with Crippen LogP contribution in [0.4, 0.5) is 4.39 Å². The fraction of sp³-hybridized carbons (Fsp3) is 0.267. The van der Waals surface area contributed by atoms with Crippen LogP contribution >= 0.6 is 45.5 Å². The lowest BCUT2D eigenvalue weighted by atomic mass is 10.1. The SMILES string of the molecule is O=C(c1csc(I)c1)N(Cc1c(F)cccc1Cl)C1CC1. The summed E-state index contributed by atoms with van der Waals surface area (Å²) >= 11 is 9.80. The zero-order chi connectivity index (χ0) is 15.0. The fourth-order valence-electron chi connectivity index (χ4n) is 2.19. The second kappa shape index (κ2) is 6.22. The summed E-state index contributed by atoms with van der Waals surface area (Å²) < 4.78 is 15.0. The van der Waals surface area contributed by atoms with Gasteiger partial charge in [-0.1, -0.05) is 17.7 Å². The van der Waals surface area contributed by atoms with Crippen LogP contribution in [0.5, 0.6) is 0 Å². The van der Waals surface area contributed by atoms with E-state index in [-0.39, 0.29) is 24.3 Å². The van der Waals surface area contributed by atoms with Crippen LogP contribution < -0.4 is 0 Å². The van der Waals surface area contributed by atoms with Crippen molar-refractivity contribution in [3.05, 3.63) is 54.5 Å². The van der Waals surface area contributed by atoms with E-state index in [1.165, 1.54) is 17.4 Å². The fourth-order valence-corrected chi connectivity index (χ4v) is 3.74. The molecule has 0 aliphatic heterocycles. The lowest BCUT2D eigenvalue weighted by molar-refractivity contribution is 0.0729. The number of carbonyl (C=O) groups excluding carboxylic acids is 1. The minimum absolute atomic E-state index is 0.0454. The van der Waals surface area contributed by atoms with Gasteiger partial charge in [0.2, 0.25) is 0 Å². The summed E-state index contributed by atoms with van der Waals surface area (Å²) in [6.07, 6.45) is 1.94. The molecule has 1 heterocycles. The topological polar surface area (TPSA) is 20.3 Å². The van der Waals surface area contributed by atoms with Gasteiger partial charge in [0.1, 0.15) is 5.82 Å². The van der Waals surface area contributed by atoms with Gasteiger partial charge in [-0.25, -0.2) is 4.39 Å². The van der Waals surface area contributed by atoms with E-state index in [9.17, 15) is 9.18 Å². The largest absolute Gasteiger partial charge is 0.331 e. The molecule has 2 aromatic rings. The highest BCUT2D eigenvalue weighted by atomic mass is 127. The average molecular weight is 436 g/mol. The number of halogens is 3. The van der Waals surface area contributed by atoms with E-state index in [1.54, 1.807) is 17.0 Å². The third kappa shape index (κ3) is 3.40. The first-order chi connectivity index (χ1) is 10.1. The van der Waals surface area contributed by atoms with Crippen LogP contribution in [0.3, 0.4) is 0 Å². The molecule has 0 unspecified atom stereocenters. The molecule has 1 aromatic heterocycles. The van der Waals surface area contributed by atoms with Crippen LogP contribution in [0.1, 0.15) is 28.8 Å². The van der Waals surface area contributed by atoms with Crippen LogP contribution in [0.2, 0.25) is 5.02 Å². The van der Waals surface area contributed by atoms with Crippen LogP contribution in [0.15, 0.2) is 29.6 Å². The molecule has 1 aliphatic carbocycles. The standard InChI is InChI=1S/C15H12ClFINOS/c16-12-2-1-3-13(17)11(12)7-19(10-4-5-10)15(20)9-6-14(18)21-8-9/h1-3,6,8,10H,4-5,7H2. The van der Waals surface area contributed by atoms with Gasteiger partial charge in [-0.15, -0.1) is 11.3 Å². The van der Waals surface area contributed by atoms with Gasteiger partial charge in [-0.3, -0.25) is 4.79 Å². The molecule has 0 bridgehead atoms. The van der Waals surface area contributed by atoms with Crippen molar-refractivity contribution in [1.29, 1.82) is 0 Å². The molecule has 2 nitrogen and oxygen atoms in total. The third-order valence-corrected chi connectivity index (χ3v) is 5.60. The summed E-state index contributed by atoms with van der Waals surface area (Å²) in [6.45, 7) is 0.224. The maximum atomic E-state index is 13.9. The van der Waals surface area contributed by atoms with E-state index in [4.69, 9.17) is 11.6 Å². The van der Waals surface area contributed by atoms with Gasteiger partial charge in [0, 0.05) is 22.0 Å². The van der Waals surface area contributed by atoms with Crippen molar-refractivity contribution >= 4 is 51.4 Å². The maximum Gasteiger partial charge on any atom is 0.255 e. The summed E-state index contributed by atoms with van der Waals surface area (Å²) in [5, 5.41) is 2.22. The molecule has 1 fully saturated rings. The van der Waals surface area contributed by atoms with Gasteiger partial charge >= 0.3 is 0 Å². The van der Waals surface area contributed by atoms with Crippen LogP contribution in [0.25, 0.3) is 0 Å². The predicted octanol–water partition coefficient (Wildman–Crippen LogP) is 4.95. The van der Waals surface area contributed by atoms with Gasteiger partial charge < -0.3 is 4.90 Å². The normalized spacial score (nSPS) is 14.2. The molecule has 1 amide bonds. The van der Waals surface area contributed by atoms with Gasteiger partial charge in [0.15, 0.2) is 0 Å². The van der Waals surface area contributed by atoms with E-state index < -0.39 is 0 Å². The molecule has 0 radical (unpaired) electrons. The molecule has 110 valence electrons. The van der Waals surface area contributed by atoms with Crippen molar-refractivity contribution in [2.45, 2.75) is 25.4 Å². The predicted molar refractivity (Wildman–Crippen MR) is 91.3 cm³/mol. The number of rotatable bonds is 4. The van der Waals surface area contributed by atoms with Crippen LogP contribution in [0, 0.1) is 8.70 Å². The molecule has 1 aliphatic rings. The van der Waals surface area contributed by atoms with E-state index in [1.807, 2.05) is 11.4 Å². The highest BCUT2D eigenvalue weighted by Gasteiger charge is 2.34. The summed E-state index contributed by atoms with van der Waals surface area (Å²) in [4.78, 5) is 14.4. The molecule has 0 spiro atoms. The molecule has 1 aromatic carbocycles. The molecular weight excluding hydrogens is 424 g/mol. The first-order valence-corrected chi connectivity index (χ1v) is 8.88. The highest BCUT2D eigenvalue weighted by Crippen LogP contribution is 2.32. The monoisotopic (exact) mass is 435 g/mol. The third-order valence-electron chi connectivity index (χ3n) is 3.45. The first kappa shape index (κ1) is 15.2. The van der Waals surface area contributed by atoms with Crippen molar-refractivity contribution in [3.8, 4) is 0 Å². The number of amides is 1. The quantitative estimate of drug-likeness (QED) is 0.622. The van der Waals surface area contributed by atoms with E-state index in [0.29, 0.717) is 16.1 Å². The molecule has 0 atom stereocenters. The zero-order valence-corrected chi connectivity index (χ0v) is 14.7. The van der Waals surface area contributed by atoms with Crippen molar-refractivity contribution < 1.29 is 9.18 Å². The van der Waals surface area contributed by atoms with Crippen molar-refractivity contribution in [2.75, 3.05) is 0 Å². The van der Waals surface area contributed by atoms with Gasteiger partial charge in [-0.2, -0.15) is 0 Å². The second-order valence-corrected chi connectivity index (χ2v) is 8.22. The van der Waals surface area contributed by atoms with Crippen LogP contribution in [-0.4, -0.2) is 16.8 Å². The summed E-state index contributed by atoms with van der Waals surface area (Å²) in [5.41, 5.74) is 1.06. The second-order valence-electron chi connectivity index (χ2n) is 5.00. The maximum absolute atomic E-state index is 13.9. The zero-order valence-electron chi connectivity index (χ0n) is 11.0. The van der Waals surface area contributed by atoms with Crippen molar-refractivity contribution in [3.63, 3.8) is 0 Å². The van der Waals surface area contributed by atoms with Crippen molar-refractivity contribution in [1.82, 2.24) is 4.90 Å². The molecule has 0 saturated heterocycles. The van der Waals surface area contributed by atoms with Gasteiger partial charge in [-0.05, 0) is 53.6 Å². The average Bonchev–Trinajstić information content (AvgIpc) is 3.19. The smallest absolute Gasteiger partial charge is 0.255 e. The Kier molecular flexibility index (Phi) is 4.51. The first-order valence-electron chi connectivity index (χ1n) is 6.54. The Morgan fingerprint density at radius 1 is 1.48 bits per heavy atom. The summed E-state index contributed by atoms with van der Waals surface area (Å²) in [6, 6.07) is 6.68. The van der Waals surface area contributed by atoms with E-state index in [2.05, 4.69) is 22.6 Å². The Hall–Kier alpha value is -0.660. The number of hydrogen-bond donors (Lipinski definition) is 0. The van der Waals surface area contributed by atoms with Gasteiger partial charge in [0.05, 0.1) is 15.0 Å². The van der Waals surface area contributed by atoms with E-state index >= 15 is 0 Å². The Morgan fingerprint density at radius 2 is 2.24 bits per heavy atom. The number of carbonyl (C=O) groups is 1. The summed E-state index contributed by atoms with van der Waals surface area (Å²) in [7, 11) is 0. The summed E-state index contributed by atoms with van der Waals surface area (Å²) in [5.74, 6) is -0.406. The highest BCUT2D eigenvalue weighted by molar-refractivity contribution is 14.1. The van der Waals surface area contributed by atoms with Crippen molar-refractivity contribution in [2.24, 2.45) is 0 Å². The number of benzene rings is 1.